The van der Waals surface area contributed by atoms with Gasteiger partial charge in [0.2, 0.25) is 0 Å². The minimum absolute atomic E-state index is 0.955. The summed E-state index contributed by atoms with van der Waals surface area (Å²) in [6, 6.07) is 27.1. The van der Waals surface area contributed by atoms with Crippen molar-refractivity contribution in [2.45, 2.75) is 0 Å². The highest BCUT2D eigenvalue weighted by Crippen LogP contribution is 2.43. The summed E-state index contributed by atoms with van der Waals surface area (Å²) in [5.41, 5.74) is 12.6. The number of aromatic amines is 2. The molecule has 0 radical (unpaired) electrons. The van der Waals surface area contributed by atoms with Crippen molar-refractivity contribution >= 4 is 224 Å². The Hall–Kier alpha value is 0.360. The van der Waals surface area contributed by atoms with Crippen molar-refractivity contribution in [3.8, 4) is 45.0 Å². The second kappa shape index (κ2) is 13.0. The van der Waals surface area contributed by atoms with Crippen molar-refractivity contribution < 1.29 is 0 Å². The molecule has 2 aliphatic rings. The standard InChI is InChI=1S/C36H14I8N4/c37-21-1-13-14(2-22(21)38)30-10-32-17-5-25(41)26(42)6-18(17)34(47-32)12-36-20-8-28(44)27(43)7-19(20)35(48-36)11-33-16-4-24(40)23(39)3-15(16)31(46-33)9-29(13)45-30/h1-12,45,48H. The van der Waals surface area contributed by atoms with Gasteiger partial charge in [-0.15, -0.1) is 0 Å². The highest BCUT2D eigenvalue weighted by molar-refractivity contribution is 14.1. The zero-order chi connectivity index (χ0) is 33.2. The number of aromatic nitrogens is 4. The number of H-pyrrole nitrogens is 2. The molecule has 0 unspecified atom stereocenters. The van der Waals surface area contributed by atoms with Gasteiger partial charge >= 0.3 is 0 Å². The first kappa shape index (κ1) is 34.1. The third kappa shape index (κ3) is 5.79. The molecule has 234 valence electrons. The Morgan fingerprint density at radius 1 is 0.292 bits per heavy atom. The molecule has 9 rings (SSSR count). The molecule has 0 amide bonds. The Kier molecular flexibility index (Phi) is 9.27. The van der Waals surface area contributed by atoms with Gasteiger partial charge in [0.1, 0.15) is 0 Å². The quantitative estimate of drug-likeness (QED) is 0.149. The van der Waals surface area contributed by atoms with E-state index in [0.29, 0.717) is 0 Å². The third-order valence-electron chi connectivity index (χ3n) is 8.65. The molecule has 4 aromatic carbocycles. The van der Waals surface area contributed by atoms with Crippen LogP contribution in [0.4, 0.5) is 0 Å². The van der Waals surface area contributed by atoms with Crippen LogP contribution >= 0.6 is 181 Å². The lowest BCUT2D eigenvalue weighted by molar-refractivity contribution is 1.40. The fourth-order valence-electron chi connectivity index (χ4n) is 6.43. The summed E-state index contributed by atoms with van der Waals surface area (Å²) in [7, 11) is 0. The third-order valence-corrected chi connectivity index (χ3v) is 19.9. The molecule has 4 nitrogen and oxygen atoms in total. The van der Waals surface area contributed by atoms with E-state index in [1.807, 2.05) is 0 Å². The Morgan fingerprint density at radius 2 is 0.500 bits per heavy atom. The van der Waals surface area contributed by atoms with Crippen LogP contribution in [-0.2, 0) is 0 Å². The molecule has 3 aromatic heterocycles. The van der Waals surface area contributed by atoms with E-state index in [-0.39, 0.29) is 0 Å². The summed E-state index contributed by atoms with van der Waals surface area (Å²) in [5, 5.41) is 4.70. The molecular weight excluding hydrogens is 1500 g/mol. The first-order valence-electron chi connectivity index (χ1n) is 14.3. The van der Waals surface area contributed by atoms with Crippen LogP contribution in [0.15, 0.2) is 72.8 Å². The van der Waals surface area contributed by atoms with E-state index in [4.69, 9.17) is 9.97 Å². The number of rotatable bonds is 0. The maximum Gasteiger partial charge on any atom is 0.0737 e. The van der Waals surface area contributed by atoms with Gasteiger partial charge in [0.25, 0.3) is 0 Å². The lowest BCUT2D eigenvalue weighted by Gasteiger charge is -2.03. The summed E-state index contributed by atoms with van der Waals surface area (Å²) < 4.78 is 9.77. The number of hydrogen-bond acceptors (Lipinski definition) is 2. The molecule has 8 bridgehead atoms. The number of hydrogen-bond donors (Lipinski definition) is 2. The second-order valence-corrected chi connectivity index (χ2v) is 20.8. The van der Waals surface area contributed by atoms with Gasteiger partial charge in [0.15, 0.2) is 0 Å². The van der Waals surface area contributed by atoms with Crippen molar-refractivity contribution in [1.82, 2.24) is 19.9 Å². The monoisotopic (exact) mass is 1520 g/mol. The van der Waals surface area contributed by atoms with E-state index in [2.05, 4.69) is 263 Å². The van der Waals surface area contributed by atoms with Crippen LogP contribution in [0.5, 0.6) is 0 Å². The molecule has 2 N–H and O–H groups in total. The van der Waals surface area contributed by atoms with Gasteiger partial charge in [-0.3, -0.25) is 0 Å². The minimum Gasteiger partial charge on any atom is -0.354 e. The molecule has 0 saturated carbocycles. The lowest BCUT2D eigenvalue weighted by Crippen LogP contribution is -1.84. The number of nitrogens with one attached hydrogen (secondary N) is 2. The topological polar surface area (TPSA) is 57.4 Å². The van der Waals surface area contributed by atoms with Gasteiger partial charge in [-0.05, 0) is 254 Å². The largest absolute Gasteiger partial charge is 0.354 e. The number of halogens is 8. The predicted molar refractivity (Wildman–Crippen MR) is 267 cm³/mol. The number of nitrogens with zero attached hydrogens (tertiary/aromatic N) is 2. The summed E-state index contributed by atoms with van der Waals surface area (Å²) in [6.45, 7) is 0. The zero-order valence-corrected chi connectivity index (χ0v) is 41.1. The van der Waals surface area contributed by atoms with Gasteiger partial charge in [0.05, 0.1) is 22.8 Å². The summed E-state index contributed by atoms with van der Waals surface area (Å²) in [4.78, 5) is 18.3. The average Bonchev–Trinajstić information content (AvgIpc) is 3.74. The van der Waals surface area contributed by atoms with Crippen LogP contribution in [-0.4, -0.2) is 19.9 Å². The predicted octanol–water partition coefficient (Wildman–Crippen LogP) is 14.1. The maximum absolute atomic E-state index is 5.34. The molecule has 48 heavy (non-hydrogen) atoms. The molecule has 5 heterocycles. The van der Waals surface area contributed by atoms with E-state index in [1.165, 1.54) is 50.1 Å². The number of benzene rings is 4. The van der Waals surface area contributed by atoms with Gasteiger partial charge in [-0.2, -0.15) is 0 Å². The summed E-state index contributed by atoms with van der Waals surface area (Å²) >= 11 is 19.5. The zero-order valence-electron chi connectivity index (χ0n) is 23.8. The normalized spacial score (nSPS) is 12.2. The number of fused-ring (bicyclic) bond motifs is 20. The van der Waals surface area contributed by atoms with E-state index in [1.54, 1.807) is 0 Å². The lowest BCUT2D eigenvalue weighted by atomic mass is 10.0. The molecule has 12 heteroatoms. The van der Waals surface area contributed by atoms with E-state index >= 15 is 0 Å². The molecule has 0 atom stereocenters. The molecule has 0 saturated heterocycles. The van der Waals surface area contributed by atoms with Crippen molar-refractivity contribution in [1.29, 1.82) is 0 Å². The first-order valence-corrected chi connectivity index (χ1v) is 23.0. The van der Waals surface area contributed by atoms with Crippen LogP contribution in [0.2, 0.25) is 0 Å². The van der Waals surface area contributed by atoms with Crippen LogP contribution < -0.4 is 0 Å². The Bertz CT molecular complexity index is 2410. The fourth-order valence-corrected chi connectivity index (χ4v) is 10.2. The molecular formula is C36H14I8N4. The molecule has 0 fully saturated rings. The van der Waals surface area contributed by atoms with Crippen molar-refractivity contribution in [2.75, 3.05) is 0 Å². The SMILES string of the molecule is Ic1cc2c(cc1I)-c1cc3[nH]c(cc4nc(cc5[nH]c(cc-2n1)c1cc(I)c(I)cc51)-c1cc(I)c(I)cc1-4)c1cc(I)c(I)cc31. The van der Waals surface area contributed by atoms with Crippen LogP contribution in [0, 0.1) is 28.6 Å². The van der Waals surface area contributed by atoms with Gasteiger partial charge in [-0.1, -0.05) is 0 Å². The highest BCUT2D eigenvalue weighted by Gasteiger charge is 2.22. The van der Waals surface area contributed by atoms with Gasteiger partial charge in [0, 0.05) is 94.4 Å². The minimum atomic E-state index is 0.955. The van der Waals surface area contributed by atoms with Crippen LogP contribution in [0.25, 0.3) is 88.6 Å². The smallest absolute Gasteiger partial charge is 0.0737 e. The van der Waals surface area contributed by atoms with Crippen molar-refractivity contribution in [3.05, 3.63) is 101 Å². The average molecular weight is 1520 g/mol. The Balaban J connectivity index is 1.52. The molecule has 0 aliphatic carbocycles. The fraction of sp³-hybridized carbons (Fsp3) is 0. The Morgan fingerprint density at radius 3 is 0.729 bits per heavy atom. The van der Waals surface area contributed by atoms with Gasteiger partial charge in [-0.25, -0.2) is 9.97 Å². The van der Waals surface area contributed by atoms with E-state index < -0.39 is 0 Å². The highest BCUT2D eigenvalue weighted by atomic mass is 127. The maximum atomic E-state index is 5.34. The van der Waals surface area contributed by atoms with Gasteiger partial charge < -0.3 is 9.97 Å². The second-order valence-electron chi connectivity index (χ2n) is 11.5. The summed E-state index contributed by atoms with van der Waals surface area (Å²) in [6.07, 6.45) is 0. The van der Waals surface area contributed by atoms with Crippen LogP contribution in [0.1, 0.15) is 0 Å². The van der Waals surface area contributed by atoms with E-state index in [9.17, 15) is 0 Å². The molecule has 0 spiro atoms. The molecule has 2 aliphatic heterocycles. The Labute approximate surface area is 383 Å². The van der Waals surface area contributed by atoms with Crippen molar-refractivity contribution in [3.63, 3.8) is 0 Å². The van der Waals surface area contributed by atoms with E-state index in [0.717, 1.165) is 67.1 Å². The summed E-state index contributed by atoms with van der Waals surface area (Å²) in [5.74, 6) is 0. The van der Waals surface area contributed by atoms with Crippen molar-refractivity contribution in [2.24, 2.45) is 0 Å². The first-order chi connectivity index (χ1) is 23.0. The van der Waals surface area contributed by atoms with Crippen LogP contribution in [0.3, 0.4) is 0 Å². The molecule has 7 aromatic rings.